The third-order valence-corrected chi connectivity index (χ3v) is 4.29. The standard InChI is InChI=1S/C17H33N3/c1-5-7-12-20(16-9-10-16)13-8-11-17(6-2,14-18)19-15(3)4/h15-16,19H,5-13H2,1-4H3. The summed E-state index contributed by atoms with van der Waals surface area (Å²) in [6.45, 7) is 11.0. The van der Waals surface area contributed by atoms with Gasteiger partial charge in [0.2, 0.25) is 0 Å². The molecule has 1 aliphatic carbocycles. The molecule has 1 aliphatic rings. The van der Waals surface area contributed by atoms with Crippen molar-refractivity contribution in [2.75, 3.05) is 13.1 Å². The van der Waals surface area contributed by atoms with E-state index in [-0.39, 0.29) is 5.54 Å². The predicted octanol–water partition coefficient (Wildman–Crippen LogP) is 3.70. The van der Waals surface area contributed by atoms with Gasteiger partial charge in [0.05, 0.1) is 6.07 Å². The molecule has 20 heavy (non-hydrogen) atoms. The molecule has 0 aliphatic heterocycles. The summed E-state index contributed by atoms with van der Waals surface area (Å²) >= 11 is 0. The molecule has 116 valence electrons. The zero-order chi connectivity index (χ0) is 15.0. The molecule has 1 fully saturated rings. The van der Waals surface area contributed by atoms with E-state index in [1.807, 2.05) is 0 Å². The summed E-state index contributed by atoms with van der Waals surface area (Å²) in [6.07, 6.45) is 8.32. The van der Waals surface area contributed by atoms with Gasteiger partial charge in [-0.3, -0.25) is 5.32 Å². The lowest BCUT2D eigenvalue weighted by Crippen LogP contribution is -2.47. The van der Waals surface area contributed by atoms with Gasteiger partial charge in [-0.15, -0.1) is 0 Å². The Morgan fingerprint density at radius 1 is 1.25 bits per heavy atom. The highest BCUT2D eigenvalue weighted by Gasteiger charge is 2.31. The van der Waals surface area contributed by atoms with Gasteiger partial charge in [0.15, 0.2) is 0 Å². The highest BCUT2D eigenvalue weighted by atomic mass is 15.2. The van der Waals surface area contributed by atoms with Crippen molar-refractivity contribution in [2.45, 2.75) is 90.3 Å². The average Bonchev–Trinajstić information content (AvgIpc) is 3.25. The van der Waals surface area contributed by atoms with Gasteiger partial charge in [0, 0.05) is 12.1 Å². The molecule has 1 atom stereocenters. The molecular formula is C17H33N3. The molecule has 3 nitrogen and oxygen atoms in total. The Bertz CT molecular complexity index is 304. The van der Waals surface area contributed by atoms with E-state index < -0.39 is 0 Å². The summed E-state index contributed by atoms with van der Waals surface area (Å²) in [4.78, 5) is 2.65. The first-order valence-electron chi connectivity index (χ1n) is 8.50. The van der Waals surface area contributed by atoms with Gasteiger partial charge in [0.1, 0.15) is 5.54 Å². The van der Waals surface area contributed by atoms with Crippen LogP contribution in [0.3, 0.4) is 0 Å². The Kier molecular flexibility index (Phi) is 7.55. The normalized spacial score (nSPS) is 18.2. The zero-order valence-electron chi connectivity index (χ0n) is 13.9. The van der Waals surface area contributed by atoms with Crippen LogP contribution in [-0.2, 0) is 0 Å². The molecule has 0 spiro atoms. The van der Waals surface area contributed by atoms with Gasteiger partial charge in [0.25, 0.3) is 0 Å². The van der Waals surface area contributed by atoms with Crippen LogP contribution in [0.1, 0.15) is 72.6 Å². The minimum Gasteiger partial charge on any atom is -0.300 e. The Morgan fingerprint density at radius 2 is 1.90 bits per heavy atom. The third-order valence-electron chi connectivity index (χ3n) is 4.29. The summed E-state index contributed by atoms with van der Waals surface area (Å²) in [7, 11) is 0. The van der Waals surface area contributed by atoms with E-state index in [2.05, 4.69) is 44.0 Å². The second-order valence-corrected chi connectivity index (χ2v) is 6.57. The van der Waals surface area contributed by atoms with E-state index in [1.54, 1.807) is 0 Å². The predicted molar refractivity (Wildman–Crippen MR) is 85.6 cm³/mol. The summed E-state index contributed by atoms with van der Waals surface area (Å²) in [6, 6.07) is 3.74. The lowest BCUT2D eigenvalue weighted by atomic mass is 9.91. The van der Waals surface area contributed by atoms with Gasteiger partial charge in [-0.25, -0.2) is 0 Å². The number of rotatable bonds is 11. The molecule has 1 rings (SSSR count). The molecule has 0 aromatic rings. The number of unbranched alkanes of at least 4 members (excludes halogenated alkanes) is 1. The fourth-order valence-corrected chi connectivity index (χ4v) is 2.93. The van der Waals surface area contributed by atoms with Crippen molar-refractivity contribution in [3.05, 3.63) is 0 Å². The number of hydrogen-bond donors (Lipinski definition) is 1. The summed E-state index contributed by atoms with van der Waals surface area (Å²) in [5.74, 6) is 0. The Labute approximate surface area is 125 Å². The van der Waals surface area contributed by atoms with E-state index in [4.69, 9.17) is 0 Å². The maximum atomic E-state index is 9.53. The van der Waals surface area contributed by atoms with Crippen molar-refractivity contribution in [1.82, 2.24) is 10.2 Å². The van der Waals surface area contributed by atoms with E-state index in [9.17, 15) is 5.26 Å². The lowest BCUT2D eigenvalue weighted by molar-refractivity contribution is 0.237. The van der Waals surface area contributed by atoms with Gasteiger partial charge >= 0.3 is 0 Å². The van der Waals surface area contributed by atoms with Crippen LogP contribution in [0.15, 0.2) is 0 Å². The summed E-state index contributed by atoms with van der Waals surface area (Å²) < 4.78 is 0. The molecule has 0 aromatic carbocycles. The van der Waals surface area contributed by atoms with Crippen LogP contribution in [0.4, 0.5) is 0 Å². The first-order valence-corrected chi connectivity index (χ1v) is 8.50. The van der Waals surface area contributed by atoms with E-state index in [0.29, 0.717) is 6.04 Å². The monoisotopic (exact) mass is 279 g/mol. The Morgan fingerprint density at radius 3 is 2.35 bits per heavy atom. The number of nitrogens with one attached hydrogen (secondary N) is 1. The average molecular weight is 279 g/mol. The largest absolute Gasteiger partial charge is 0.300 e. The van der Waals surface area contributed by atoms with Crippen molar-refractivity contribution < 1.29 is 0 Å². The van der Waals surface area contributed by atoms with E-state index >= 15 is 0 Å². The highest BCUT2D eigenvalue weighted by molar-refractivity contribution is 5.07. The molecule has 0 saturated heterocycles. The van der Waals surface area contributed by atoms with Crippen LogP contribution < -0.4 is 5.32 Å². The van der Waals surface area contributed by atoms with Crippen molar-refractivity contribution in [3.8, 4) is 6.07 Å². The summed E-state index contributed by atoms with van der Waals surface area (Å²) in [5.41, 5.74) is -0.325. The molecule has 0 radical (unpaired) electrons. The Balaban J connectivity index is 2.40. The number of hydrogen-bond acceptors (Lipinski definition) is 3. The second kappa shape index (κ2) is 8.64. The first-order chi connectivity index (χ1) is 9.56. The molecule has 0 amide bonds. The van der Waals surface area contributed by atoms with Crippen LogP contribution in [-0.4, -0.2) is 35.6 Å². The van der Waals surface area contributed by atoms with E-state index in [1.165, 1.54) is 32.2 Å². The SMILES string of the molecule is CCCCN(CCCC(C#N)(CC)NC(C)C)C1CC1. The van der Waals surface area contributed by atoms with Crippen LogP contribution in [0.25, 0.3) is 0 Å². The second-order valence-electron chi connectivity index (χ2n) is 6.57. The smallest absolute Gasteiger partial charge is 0.106 e. The zero-order valence-corrected chi connectivity index (χ0v) is 13.9. The lowest BCUT2D eigenvalue weighted by Gasteiger charge is -2.30. The molecule has 3 heteroatoms. The molecule has 0 aromatic heterocycles. The molecule has 0 bridgehead atoms. The molecule has 1 unspecified atom stereocenters. The quantitative estimate of drug-likeness (QED) is 0.627. The van der Waals surface area contributed by atoms with Gasteiger partial charge in [-0.2, -0.15) is 5.26 Å². The maximum Gasteiger partial charge on any atom is 0.106 e. The minimum absolute atomic E-state index is 0.325. The number of nitriles is 1. The minimum atomic E-state index is -0.325. The topological polar surface area (TPSA) is 39.1 Å². The van der Waals surface area contributed by atoms with Gasteiger partial charge < -0.3 is 4.90 Å². The molecular weight excluding hydrogens is 246 g/mol. The highest BCUT2D eigenvalue weighted by Crippen LogP contribution is 2.28. The van der Waals surface area contributed by atoms with E-state index in [0.717, 1.165) is 31.8 Å². The maximum absolute atomic E-state index is 9.53. The third kappa shape index (κ3) is 5.81. The van der Waals surface area contributed by atoms with Crippen LogP contribution in [0, 0.1) is 11.3 Å². The van der Waals surface area contributed by atoms with Gasteiger partial charge in [-0.05, 0) is 65.5 Å². The Hall–Kier alpha value is -0.590. The first kappa shape index (κ1) is 17.5. The fraction of sp³-hybridized carbons (Fsp3) is 0.941. The summed E-state index contributed by atoms with van der Waals surface area (Å²) in [5, 5.41) is 13.0. The molecule has 0 heterocycles. The van der Waals surface area contributed by atoms with Crippen LogP contribution >= 0.6 is 0 Å². The molecule has 1 N–H and O–H groups in total. The fourth-order valence-electron chi connectivity index (χ4n) is 2.93. The van der Waals surface area contributed by atoms with Crippen molar-refractivity contribution in [1.29, 1.82) is 5.26 Å². The van der Waals surface area contributed by atoms with Crippen molar-refractivity contribution >= 4 is 0 Å². The van der Waals surface area contributed by atoms with Crippen molar-refractivity contribution in [2.24, 2.45) is 0 Å². The van der Waals surface area contributed by atoms with Crippen LogP contribution in [0.2, 0.25) is 0 Å². The van der Waals surface area contributed by atoms with Crippen LogP contribution in [0.5, 0.6) is 0 Å². The molecule has 1 saturated carbocycles. The van der Waals surface area contributed by atoms with Gasteiger partial charge in [-0.1, -0.05) is 20.3 Å². The number of nitrogens with zero attached hydrogens (tertiary/aromatic N) is 2. The van der Waals surface area contributed by atoms with Crippen molar-refractivity contribution in [3.63, 3.8) is 0 Å².